The summed E-state index contributed by atoms with van der Waals surface area (Å²) in [5.41, 5.74) is 1.87. The van der Waals surface area contributed by atoms with Crippen LogP contribution < -0.4 is 20.9 Å². The number of hydrazine groups is 1. The van der Waals surface area contributed by atoms with E-state index in [9.17, 15) is 41.0 Å². The summed E-state index contributed by atoms with van der Waals surface area (Å²) in [6, 6.07) is 7.81. The first-order chi connectivity index (χ1) is 20.0. The predicted octanol–water partition coefficient (Wildman–Crippen LogP) is 3.28. The van der Waals surface area contributed by atoms with Gasteiger partial charge in [0.15, 0.2) is 35.4 Å². The molecule has 232 valence electrons. The van der Waals surface area contributed by atoms with Crippen LogP contribution in [0.25, 0.3) is 11.4 Å². The zero-order valence-corrected chi connectivity index (χ0v) is 22.9. The van der Waals surface area contributed by atoms with Crippen LogP contribution in [0.3, 0.4) is 0 Å². The Kier molecular flexibility index (Phi) is 9.02. The first-order valence-electron chi connectivity index (χ1n) is 12.2. The molecule has 2 N–H and O–H groups in total. The average molecular weight is 638 g/mol. The van der Waals surface area contributed by atoms with E-state index in [1.165, 1.54) is 37.3 Å². The maximum Gasteiger partial charge on any atom is 0.573 e. The highest BCUT2D eigenvalue weighted by Gasteiger charge is 2.40. The number of aliphatic hydroxyl groups is 1. The smallest absolute Gasteiger partial charge is 0.455 e. The average Bonchev–Trinajstić information content (AvgIpc) is 3.45. The number of carbonyl (C=O) groups excluding carboxylic acids is 1. The molecule has 1 unspecified atom stereocenters. The molecule has 0 fully saturated rings. The lowest BCUT2D eigenvalue weighted by Gasteiger charge is -2.25. The zero-order chi connectivity index (χ0) is 31.7. The summed E-state index contributed by atoms with van der Waals surface area (Å²) in [5, 5.41) is 15.1. The molecule has 3 atom stereocenters. The van der Waals surface area contributed by atoms with Crippen molar-refractivity contribution in [1.29, 1.82) is 0 Å². The van der Waals surface area contributed by atoms with E-state index >= 15 is 0 Å². The third-order valence-electron chi connectivity index (χ3n) is 5.79. The number of amidine groups is 1. The van der Waals surface area contributed by atoms with E-state index in [-0.39, 0.29) is 17.2 Å². The van der Waals surface area contributed by atoms with Crippen molar-refractivity contribution in [3.05, 3.63) is 58.1 Å². The van der Waals surface area contributed by atoms with Gasteiger partial charge in [0.1, 0.15) is 6.17 Å². The molecule has 19 heteroatoms. The molecule has 0 amide bonds. The second-order valence-corrected chi connectivity index (χ2v) is 9.49. The number of carbonyl (C=O) groups is 1. The maximum atomic E-state index is 13.2. The highest BCUT2D eigenvalue weighted by Crippen LogP contribution is 2.32. The van der Waals surface area contributed by atoms with Crippen LogP contribution in [0, 0.1) is 0 Å². The van der Waals surface area contributed by atoms with Crippen LogP contribution in [-0.4, -0.2) is 67.2 Å². The number of benzene rings is 1. The van der Waals surface area contributed by atoms with Crippen LogP contribution >= 0.6 is 11.6 Å². The molecule has 12 nitrogen and oxygen atoms in total. The van der Waals surface area contributed by atoms with E-state index in [0.717, 1.165) is 28.9 Å². The number of ether oxygens (including phenoxy) is 2. The molecule has 43 heavy (non-hydrogen) atoms. The van der Waals surface area contributed by atoms with Crippen molar-refractivity contribution in [1.82, 2.24) is 24.8 Å². The van der Waals surface area contributed by atoms with Gasteiger partial charge in [-0.3, -0.25) is 9.36 Å². The van der Waals surface area contributed by atoms with Crippen molar-refractivity contribution in [2.24, 2.45) is 4.99 Å². The van der Waals surface area contributed by atoms with Gasteiger partial charge in [-0.25, -0.2) is 29.9 Å². The number of alkyl halides is 6. The minimum Gasteiger partial charge on any atom is -0.455 e. The molecule has 0 spiro atoms. The first kappa shape index (κ1) is 31.8. The largest absolute Gasteiger partial charge is 0.573 e. The Hall–Kier alpha value is -4.16. The lowest BCUT2D eigenvalue weighted by atomic mass is 10.2. The van der Waals surface area contributed by atoms with Gasteiger partial charge in [-0.1, -0.05) is 11.6 Å². The number of aromatic nitrogens is 4. The Labute approximate surface area is 243 Å². The molecule has 4 rings (SSSR count). The predicted molar refractivity (Wildman–Crippen MR) is 138 cm³/mol. The summed E-state index contributed by atoms with van der Waals surface area (Å²) in [6.07, 6.45) is -14.2. The third-order valence-corrected chi connectivity index (χ3v) is 6.05. The standard InChI is InChI=1S/C24H22ClF6N7O5/c1-12(42-13(2)39)19-33-18(34-38(19)21-16(4-3-9-32-21)43-24(29,30)31)11-37-22(41)36(10-17(40)23(26,27)28)20(35-37)14-5-7-15(25)8-6-14/h3-9,12,17-18,34,40H,10-11H2,1-2H3/t12-,17-,18?/m0/s1. The second kappa shape index (κ2) is 12.2. The van der Waals surface area contributed by atoms with Crippen LogP contribution in [0.2, 0.25) is 5.02 Å². The molecule has 0 saturated heterocycles. The van der Waals surface area contributed by atoms with Crippen LogP contribution in [-0.2, 0) is 22.6 Å². The fourth-order valence-corrected chi connectivity index (χ4v) is 4.16. The van der Waals surface area contributed by atoms with E-state index in [0.29, 0.717) is 9.59 Å². The number of nitrogens with one attached hydrogen (secondary N) is 1. The highest BCUT2D eigenvalue weighted by molar-refractivity contribution is 6.30. The van der Waals surface area contributed by atoms with Crippen molar-refractivity contribution < 1.29 is 45.7 Å². The van der Waals surface area contributed by atoms with Gasteiger partial charge >= 0.3 is 24.2 Å². The van der Waals surface area contributed by atoms with Crippen molar-refractivity contribution >= 4 is 29.2 Å². The Bertz CT molecular complexity index is 1560. The summed E-state index contributed by atoms with van der Waals surface area (Å²) >= 11 is 5.90. The molecule has 3 aromatic rings. The normalized spacial score (nSPS) is 17.0. The molecular weight excluding hydrogens is 616 g/mol. The number of nitrogens with zero attached hydrogens (tertiary/aromatic N) is 6. The summed E-state index contributed by atoms with van der Waals surface area (Å²) in [6.45, 7) is 0.820. The van der Waals surface area contributed by atoms with Gasteiger partial charge in [-0.15, -0.1) is 18.3 Å². The molecule has 0 aliphatic carbocycles. The number of anilines is 1. The molecule has 3 heterocycles. The molecule has 0 bridgehead atoms. The van der Waals surface area contributed by atoms with Gasteiger partial charge < -0.3 is 14.6 Å². The van der Waals surface area contributed by atoms with E-state index in [1.807, 2.05) is 0 Å². The van der Waals surface area contributed by atoms with Gasteiger partial charge in [-0.2, -0.15) is 13.2 Å². The lowest BCUT2D eigenvalue weighted by Crippen LogP contribution is -2.47. The number of aliphatic imine (C=N–C) groups is 1. The summed E-state index contributed by atoms with van der Waals surface area (Å²) in [4.78, 5) is 33.1. The van der Waals surface area contributed by atoms with Crippen LogP contribution in [0.1, 0.15) is 13.8 Å². The first-order valence-corrected chi connectivity index (χ1v) is 12.6. The monoisotopic (exact) mass is 637 g/mol. The van der Waals surface area contributed by atoms with Crippen molar-refractivity contribution in [2.75, 3.05) is 5.01 Å². The Morgan fingerprint density at radius 3 is 2.44 bits per heavy atom. The number of rotatable bonds is 9. The Morgan fingerprint density at radius 1 is 1.16 bits per heavy atom. The van der Waals surface area contributed by atoms with Crippen molar-refractivity contribution in [2.45, 2.75) is 57.8 Å². The number of esters is 1. The lowest BCUT2D eigenvalue weighted by molar-refractivity contribution is -0.274. The fraction of sp³-hybridized carbons (Fsp3) is 0.375. The number of aliphatic hydroxyl groups excluding tert-OH is 1. The number of halogens is 7. The van der Waals surface area contributed by atoms with E-state index in [2.05, 4.69) is 25.2 Å². The van der Waals surface area contributed by atoms with Gasteiger partial charge in [0.05, 0.1) is 13.1 Å². The maximum absolute atomic E-state index is 13.2. The summed E-state index contributed by atoms with van der Waals surface area (Å²) < 4.78 is 89.3. The molecule has 0 radical (unpaired) electrons. The van der Waals surface area contributed by atoms with Crippen molar-refractivity contribution in [3.8, 4) is 17.1 Å². The van der Waals surface area contributed by atoms with Crippen molar-refractivity contribution in [3.63, 3.8) is 0 Å². The summed E-state index contributed by atoms with van der Waals surface area (Å²) in [5.74, 6) is -2.27. The van der Waals surface area contributed by atoms with Crippen LogP contribution in [0.4, 0.5) is 32.2 Å². The van der Waals surface area contributed by atoms with Gasteiger partial charge in [0.25, 0.3) is 0 Å². The quantitative estimate of drug-likeness (QED) is 0.268. The van der Waals surface area contributed by atoms with Crippen LogP contribution in [0.15, 0.2) is 52.4 Å². The fourth-order valence-electron chi connectivity index (χ4n) is 4.03. The Morgan fingerprint density at radius 2 is 1.84 bits per heavy atom. The van der Waals surface area contributed by atoms with Gasteiger partial charge in [0.2, 0.25) is 0 Å². The summed E-state index contributed by atoms with van der Waals surface area (Å²) in [7, 11) is 0. The zero-order valence-electron chi connectivity index (χ0n) is 22.1. The number of pyridine rings is 1. The third kappa shape index (κ3) is 7.63. The van der Waals surface area contributed by atoms with Crippen LogP contribution in [0.5, 0.6) is 5.75 Å². The molecule has 1 aromatic carbocycles. The number of hydrogen-bond acceptors (Lipinski definition) is 10. The molecular formula is C24H22ClF6N7O5. The van der Waals surface area contributed by atoms with Gasteiger partial charge in [0, 0.05) is 23.7 Å². The molecule has 0 saturated carbocycles. The SMILES string of the molecule is CC(=O)O[C@@H](C)C1=NC(Cn2nc(-c3ccc(Cl)cc3)n(C[C@H](O)C(F)(F)F)c2=O)NN1c1ncccc1OC(F)(F)F. The van der Waals surface area contributed by atoms with E-state index < -0.39 is 67.2 Å². The van der Waals surface area contributed by atoms with E-state index in [1.54, 1.807) is 0 Å². The Balaban J connectivity index is 1.73. The van der Waals surface area contributed by atoms with E-state index in [4.69, 9.17) is 16.3 Å². The molecule has 2 aromatic heterocycles. The van der Waals surface area contributed by atoms with Gasteiger partial charge in [-0.05, 0) is 43.3 Å². The minimum absolute atomic E-state index is 0.135. The topological polar surface area (TPSA) is 136 Å². The number of hydrogen-bond donors (Lipinski definition) is 2. The second-order valence-electron chi connectivity index (χ2n) is 9.06. The minimum atomic E-state index is -5.09. The molecule has 1 aliphatic heterocycles. The highest BCUT2D eigenvalue weighted by atomic mass is 35.5. The molecule has 1 aliphatic rings.